The van der Waals surface area contributed by atoms with Gasteiger partial charge in [0.05, 0.1) is 0 Å². The van der Waals surface area contributed by atoms with Crippen LogP contribution in [0.25, 0.3) is 0 Å². The maximum Gasteiger partial charge on any atom is 0.00762 e. The quantitative estimate of drug-likeness (QED) is 0.195. The van der Waals surface area contributed by atoms with Crippen LogP contribution in [0.4, 0.5) is 0 Å². The molecule has 39 heavy (non-hydrogen) atoms. The molecule has 0 saturated heterocycles. The van der Waals surface area contributed by atoms with Crippen molar-refractivity contribution in [3.8, 4) is 0 Å². The fraction of sp³-hybridized carbons (Fsp3) is 1.00. The topological polar surface area (TPSA) is 0 Å². The van der Waals surface area contributed by atoms with E-state index in [1.54, 1.807) is 0 Å². The number of fused-ring (bicyclic) bond motifs is 1. The highest BCUT2D eigenvalue weighted by molar-refractivity contribution is 7.81. The van der Waals surface area contributed by atoms with E-state index in [9.17, 15) is 0 Å². The zero-order valence-electron chi connectivity index (χ0n) is 26.8. The Hall–Kier alpha value is 1.05. The van der Waals surface area contributed by atoms with E-state index in [4.69, 9.17) is 37.9 Å². The van der Waals surface area contributed by atoms with Gasteiger partial charge in [0.2, 0.25) is 0 Å². The van der Waals surface area contributed by atoms with Crippen LogP contribution in [0.15, 0.2) is 0 Å². The molecule has 13 unspecified atom stereocenters. The van der Waals surface area contributed by atoms with Crippen molar-refractivity contribution >= 4 is 37.9 Å². The molecule has 0 heterocycles. The molecular formula is C36H66S3. The van der Waals surface area contributed by atoms with E-state index in [2.05, 4.69) is 48.5 Å². The second kappa shape index (κ2) is 14.7. The molecule has 3 heteroatoms. The Kier molecular flexibility index (Phi) is 12.4. The molecule has 228 valence electrons. The molecule has 0 amide bonds. The predicted octanol–water partition coefficient (Wildman–Crippen LogP) is 11.2. The summed E-state index contributed by atoms with van der Waals surface area (Å²) in [6.07, 6.45) is 19.0. The van der Waals surface area contributed by atoms with Crippen LogP contribution < -0.4 is 0 Å². The first-order valence-corrected chi connectivity index (χ1v) is 19.2. The standard InChI is InChI=1S/C36H66S3/c1-8-21(2)23(4)24(5)36(39)31-19-18-30-34(31)25(6)33(26(7)38)35(30)32(20-22(3)37)29-16-14-28(15-17-29)27-12-10-9-11-13-27/h21-39H,8-20H2,1-7H3. The molecule has 0 nitrogen and oxygen atoms in total. The monoisotopic (exact) mass is 594 g/mol. The summed E-state index contributed by atoms with van der Waals surface area (Å²) >= 11 is 15.8. The summed E-state index contributed by atoms with van der Waals surface area (Å²) in [6, 6.07) is 0. The fourth-order valence-electron chi connectivity index (χ4n) is 11.3. The smallest absolute Gasteiger partial charge is 0.00762 e. The third-order valence-electron chi connectivity index (χ3n) is 13.7. The van der Waals surface area contributed by atoms with Gasteiger partial charge in [-0.2, -0.15) is 37.9 Å². The molecule has 4 saturated carbocycles. The molecule has 4 fully saturated rings. The summed E-state index contributed by atoms with van der Waals surface area (Å²) in [6.45, 7) is 17.3. The third-order valence-corrected chi connectivity index (χ3v) is 15.1. The Morgan fingerprint density at radius 3 is 1.87 bits per heavy atom. The molecular weight excluding hydrogens is 529 g/mol. The minimum atomic E-state index is 0.488. The van der Waals surface area contributed by atoms with Gasteiger partial charge >= 0.3 is 0 Å². The minimum absolute atomic E-state index is 0.488. The van der Waals surface area contributed by atoms with Gasteiger partial charge in [0.15, 0.2) is 0 Å². The molecule has 4 rings (SSSR count). The highest BCUT2D eigenvalue weighted by Gasteiger charge is 2.58. The zero-order valence-corrected chi connectivity index (χ0v) is 29.5. The maximum absolute atomic E-state index is 5.46. The second-order valence-corrected chi connectivity index (χ2v) is 17.9. The Bertz CT molecular complexity index is 721. The molecule has 4 aliphatic carbocycles. The van der Waals surface area contributed by atoms with Crippen LogP contribution in [0.2, 0.25) is 0 Å². The van der Waals surface area contributed by atoms with Crippen LogP contribution in [-0.2, 0) is 0 Å². The fourth-order valence-corrected chi connectivity index (χ4v) is 12.6. The lowest BCUT2D eigenvalue weighted by molar-refractivity contribution is 0.0725. The van der Waals surface area contributed by atoms with Crippen molar-refractivity contribution in [2.24, 2.45) is 76.9 Å². The molecule has 0 bridgehead atoms. The predicted molar refractivity (Wildman–Crippen MR) is 183 cm³/mol. The van der Waals surface area contributed by atoms with E-state index in [1.807, 2.05) is 0 Å². The highest BCUT2D eigenvalue weighted by atomic mass is 32.1. The first-order valence-electron chi connectivity index (χ1n) is 17.6. The van der Waals surface area contributed by atoms with E-state index < -0.39 is 0 Å². The molecule has 0 N–H and O–H groups in total. The Balaban J connectivity index is 1.53. The number of thiol groups is 3. The van der Waals surface area contributed by atoms with Crippen LogP contribution in [0.3, 0.4) is 0 Å². The van der Waals surface area contributed by atoms with E-state index >= 15 is 0 Å². The van der Waals surface area contributed by atoms with E-state index in [0.29, 0.717) is 21.7 Å². The second-order valence-electron chi connectivity index (χ2n) is 15.7. The van der Waals surface area contributed by atoms with Gasteiger partial charge in [0, 0.05) is 10.5 Å². The average Bonchev–Trinajstić information content (AvgIpc) is 3.49. The first-order chi connectivity index (χ1) is 18.6. The lowest BCUT2D eigenvalue weighted by Crippen LogP contribution is -2.37. The molecule has 0 aromatic rings. The van der Waals surface area contributed by atoms with Gasteiger partial charge in [0.25, 0.3) is 0 Å². The maximum atomic E-state index is 5.46. The van der Waals surface area contributed by atoms with Crippen LogP contribution >= 0.6 is 37.9 Å². The van der Waals surface area contributed by atoms with E-state index in [0.717, 1.165) is 71.0 Å². The third kappa shape index (κ3) is 7.24. The number of hydrogen-bond donors (Lipinski definition) is 3. The Morgan fingerprint density at radius 2 is 1.31 bits per heavy atom. The van der Waals surface area contributed by atoms with Gasteiger partial charge in [-0.15, -0.1) is 0 Å². The van der Waals surface area contributed by atoms with Crippen LogP contribution in [0, 0.1) is 76.9 Å². The lowest BCUT2D eigenvalue weighted by Gasteiger charge is -2.44. The Morgan fingerprint density at radius 1 is 0.692 bits per heavy atom. The molecule has 0 aliphatic heterocycles. The van der Waals surface area contributed by atoms with Crippen LogP contribution in [-0.4, -0.2) is 15.7 Å². The van der Waals surface area contributed by atoms with Crippen molar-refractivity contribution < 1.29 is 0 Å². The van der Waals surface area contributed by atoms with Crippen molar-refractivity contribution in [1.29, 1.82) is 0 Å². The van der Waals surface area contributed by atoms with Crippen molar-refractivity contribution in [3.63, 3.8) is 0 Å². The van der Waals surface area contributed by atoms with E-state index in [1.165, 1.54) is 83.5 Å². The van der Waals surface area contributed by atoms with E-state index in [-0.39, 0.29) is 0 Å². The van der Waals surface area contributed by atoms with Gasteiger partial charge in [-0.3, -0.25) is 0 Å². The van der Waals surface area contributed by atoms with Gasteiger partial charge in [0.1, 0.15) is 0 Å². The van der Waals surface area contributed by atoms with Crippen LogP contribution in [0.1, 0.15) is 132 Å². The van der Waals surface area contributed by atoms with Crippen LogP contribution in [0.5, 0.6) is 0 Å². The molecule has 13 atom stereocenters. The summed E-state index contributed by atoms with van der Waals surface area (Å²) < 4.78 is 0. The largest absolute Gasteiger partial charge is 0.176 e. The molecule has 0 aromatic carbocycles. The minimum Gasteiger partial charge on any atom is -0.176 e. The summed E-state index contributed by atoms with van der Waals surface area (Å²) in [5.41, 5.74) is 0. The van der Waals surface area contributed by atoms with Gasteiger partial charge in [-0.05, 0) is 127 Å². The van der Waals surface area contributed by atoms with Crippen molar-refractivity contribution in [2.75, 3.05) is 0 Å². The van der Waals surface area contributed by atoms with Crippen molar-refractivity contribution in [1.82, 2.24) is 0 Å². The SMILES string of the molecule is CCC(C)C(C)C(C)C(S)C1CCC2C1C(C)C(C(C)S)C2C(CC(C)S)C1CCC(C2CCCCC2)CC1. The molecule has 4 aliphatic rings. The summed E-state index contributed by atoms with van der Waals surface area (Å²) in [5, 5.41) is 1.53. The first kappa shape index (κ1) is 33.0. The summed E-state index contributed by atoms with van der Waals surface area (Å²) in [5.74, 6) is 11.0. The van der Waals surface area contributed by atoms with Gasteiger partial charge < -0.3 is 0 Å². The van der Waals surface area contributed by atoms with Crippen molar-refractivity contribution in [2.45, 2.75) is 148 Å². The normalized spacial score (nSPS) is 41.4. The summed E-state index contributed by atoms with van der Waals surface area (Å²) in [4.78, 5) is 0. The lowest BCUT2D eigenvalue weighted by atomic mass is 9.62. The zero-order chi connectivity index (χ0) is 28.4. The average molecular weight is 595 g/mol. The van der Waals surface area contributed by atoms with Crippen molar-refractivity contribution in [3.05, 3.63) is 0 Å². The summed E-state index contributed by atoms with van der Waals surface area (Å²) in [7, 11) is 0. The van der Waals surface area contributed by atoms with Gasteiger partial charge in [-0.1, -0.05) is 87.0 Å². The Labute approximate surface area is 261 Å². The van der Waals surface area contributed by atoms with Gasteiger partial charge in [-0.25, -0.2) is 0 Å². The number of rotatable bonds is 11. The molecule has 0 spiro atoms. The number of hydrogen-bond acceptors (Lipinski definition) is 3. The molecule has 0 radical (unpaired) electrons. The highest BCUT2D eigenvalue weighted by Crippen LogP contribution is 2.63. The molecule has 0 aromatic heterocycles.